The van der Waals surface area contributed by atoms with E-state index in [1.807, 2.05) is 66.4 Å². The number of nitrogens with zero attached hydrogens (tertiary/aromatic N) is 4. The van der Waals surface area contributed by atoms with Crippen LogP contribution in [-0.2, 0) is 34.3 Å². The number of halogens is 2. The summed E-state index contributed by atoms with van der Waals surface area (Å²) in [7, 11) is -4.37. The van der Waals surface area contributed by atoms with E-state index in [0.717, 1.165) is 28.5 Å². The van der Waals surface area contributed by atoms with Crippen molar-refractivity contribution in [3.8, 4) is 5.75 Å². The smallest absolute Gasteiger partial charge is 0.264 e. The Bertz CT molecular complexity index is 1800. The largest absolute Gasteiger partial charge is 0.491 e. The van der Waals surface area contributed by atoms with E-state index >= 15 is 0 Å². The van der Waals surface area contributed by atoms with Crippen LogP contribution in [0.3, 0.4) is 0 Å². The molecule has 2 heterocycles. The van der Waals surface area contributed by atoms with Gasteiger partial charge in [-0.3, -0.25) is 9.48 Å². The van der Waals surface area contributed by atoms with Crippen LogP contribution in [0, 0.1) is 18.6 Å². The van der Waals surface area contributed by atoms with E-state index in [9.17, 15) is 22.0 Å². The molecule has 0 aliphatic heterocycles. The maximum Gasteiger partial charge on any atom is 0.264 e. The average molecular weight is 580 g/mol. The highest BCUT2D eigenvalue weighted by atomic mass is 32.2. The number of para-hydroxylation sites is 2. The number of sulfonamides is 1. The van der Waals surface area contributed by atoms with Crippen molar-refractivity contribution < 1.29 is 26.7 Å². The number of aryl methyl sites for hydroxylation is 2. The maximum absolute atomic E-state index is 13.5. The van der Waals surface area contributed by atoms with E-state index < -0.39 is 32.5 Å². The molecule has 1 N–H and O–H groups in total. The summed E-state index contributed by atoms with van der Waals surface area (Å²) < 4.78 is 63.7. The van der Waals surface area contributed by atoms with Crippen molar-refractivity contribution in [2.75, 3.05) is 6.61 Å². The number of fused-ring (bicyclic) bond motifs is 1. The first kappa shape index (κ1) is 28.0. The molecule has 0 saturated carbocycles. The summed E-state index contributed by atoms with van der Waals surface area (Å²) in [5, 5.41) is 4.24. The van der Waals surface area contributed by atoms with Crippen molar-refractivity contribution in [3.63, 3.8) is 0 Å². The normalized spacial score (nSPS) is 11.6. The number of carbonyl (C=O) groups is 1. The number of rotatable bonds is 11. The molecule has 0 radical (unpaired) electrons. The Labute approximate surface area is 235 Å². The molecule has 0 saturated heterocycles. The predicted octanol–water partition coefficient (Wildman–Crippen LogP) is 4.38. The molecule has 0 atom stereocenters. The zero-order valence-corrected chi connectivity index (χ0v) is 22.9. The van der Waals surface area contributed by atoms with Crippen molar-refractivity contribution in [1.29, 1.82) is 0 Å². The lowest BCUT2D eigenvalue weighted by atomic mass is 10.1. The number of carbonyl (C=O) groups excluding carboxylic acids is 1. The first-order valence-corrected chi connectivity index (χ1v) is 14.3. The molecule has 3 aromatic carbocycles. The summed E-state index contributed by atoms with van der Waals surface area (Å²) in [5.74, 6) is -1.87. The number of imidazole rings is 1. The van der Waals surface area contributed by atoms with Gasteiger partial charge in [0, 0.05) is 18.8 Å². The number of hydrogen-bond acceptors (Lipinski definition) is 6. The Kier molecular flexibility index (Phi) is 8.11. The van der Waals surface area contributed by atoms with Crippen LogP contribution < -0.4 is 9.46 Å². The Balaban J connectivity index is 1.29. The first-order chi connectivity index (χ1) is 19.7. The van der Waals surface area contributed by atoms with E-state index in [1.54, 1.807) is 10.9 Å². The fraction of sp³-hybridized carbons (Fsp3) is 0.207. The quantitative estimate of drug-likeness (QED) is 0.249. The molecule has 0 spiro atoms. The maximum atomic E-state index is 13.5. The van der Waals surface area contributed by atoms with Crippen LogP contribution in [0.2, 0.25) is 0 Å². The second-order valence-electron chi connectivity index (χ2n) is 9.40. The monoisotopic (exact) mass is 579 g/mol. The molecule has 1 amide bonds. The molecule has 2 aromatic heterocycles. The van der Waals surface area contributed by atoms with Gasteiger partial charge >= 0.3 is 0 Å². The molecule has 9 nitrogen and oxygen atoms in total. The van der Waals surface area contributed by atoms with Gasteiger partial charge in [0.25, 0.3) is 10.0 Å². The van der Waals surface area contributed by atoms with Crippen LogP contribution in [0.4, 0.5) is 8.78 Å². The number of ether oxygens (including phenoxy) is 1. The van der Waals surface area contributed by atoms with E-state index in [4.69, 9.17) is 4.74 Å². The molecule has 0 aliphatic carbocycles. The lowest BCUT2D eigenvalue weighted by Crippen LogP contribution is -2.30. The Morgan fingerprint density at radius 3 is 2.63 bits per heavy atom. The number of aromatic nitrogens is 4. The van der Waals surface area contributed by atoms with Crippen molar-refractivity contribution in [3.05, 3.63) is 108 Å². The van der Waals surface area contributed by atoms with Gasteiger partial charge in [0.2, 0.25) is 5.91 Å². The zero-order chi connectivity index (χ0) is 29.0. The number of benzene rings is 3. The van der Waals surface area contributed by atoms with Gasteiger partial charge in [-0.2, -0.15) is 5.10 Å². The van der Waals surface area contributed by atoms with Gasteiger partial charge in [-0.05, 0) is 66.9 Å². The van der Waals surface area contributed by atoms with Gasteiger partial charge in [0.15, 0.2) is 11.6 Å². The summed E-state index contributed by atoms with van der Waals surface area (Å²) >= 11 is 0. The van der Waals surface area contributed by atoms with Crippen molar-refractivity contribution in [1.82, 2.24) is 24.1 Å². The summed E-state index contributed by atoms with van der Waals surface area (Å²) in [6.45, 7) is 3.32. The van der Waals surface area contributed by atoms with Gasteiger partial charge in [-0.25, -0.2) is 26.9 Å². The van der Waals surface area contributed by atoms with E-state index in [0.29, 0.717) is 43.1 Å². The lowest BCUT2D eigenvalue weighted by molar-refractivity contribution is -0.119. The Morgan fingerprint density at radius 2 is 1.85 bits per heavy atom. The molecule has 212 valence electrons. The van der Waals surface area contributed by atoms with Crippen LogP contribution in [0.5, 0.6) is 5.75 Å². The van der Waals surface area contributed by atoms with Gasteiger partial charge in [0.05, 0.1) is 29.0 Å². The minimum Gasteiger partial charge on any atom is -0.491 e. The van der Waals surface area contributed by atoms with Gasteiger partial charge in [0.1, 0.15) is 18.2 Å². The van der Waals surface area contributed by atoms with Crippen LogP contribution >= 0.6 is 0 Å². The van der Waals surface area contributed by atoms with Crippen molar-refractivity contribution in [2.45, 2.75) is 37.8 Å². The molecule has 0 aliphatic rings. The highest BCUT2D eigenvalue weighted by molar-refractivity contribution is 7.90. The van der Waals surface area contributed by atoms with Crippen LogP contribution in [-0.4, -0.2) is 40.3 Å². The van der Waals surface area contributed by atoms with Crippen LogP contribution in [0.25, 0.3) is 11.0 Å². The standard InChI is InChI=1S/C29H27F2N5O4S/c1-20-33-26-5-2-3-6-27(26)36(20)15-16-40-28-17-21(19-35-14-4-13-32-35)7-8-22(28)9-12-29(37)34-41(38,39)23-10-11-24(30)25(31)18-23/h2-8,10-11,13-14,17-18H,9,12,15-16,19H2,1H3,(H,34,37). The number of amides is 1. The fourth-order valence-corrected chi connectivity index (χ4v) is 5.52. The summed E-state index contributed by atoms with van der Waals surface area (Å²) in [6.07, 6.45) is 3.54. The highest BCUT2D eigenvalue weighted by Crippen LogP contribution is 2.24. The van der Waals surface area contributed by atoms with E-state index in [-0.39, 0.29) is 12.8 Å². The second kappa shape index (κ2) is 11.9. The Morgan fingerprint density at radius 1 is 1.02 bits per heavy atom. The van der Waals surface area contributed by atoms with Crippen molar-refractivity contribution >= 4 is 27.0 Å². The number of nitrogens with one attached hydrogen (secondary N) is 1. The molecular weight excluding hydrogens is 552 g/mol. The molecule has 0 unspecified atom stereocenters. The number of hydrogen-bond donors (Lipinski definition) is 1. The first-order valence-electron chi connectivity index (χ1n) is 12.8. The van der Waals surface area contributed by atoms with Gasteiger partial charge in [-0.15, -0.1) is 0 Å². The summed E-state index contributed by atoms with van der Waals surface area (Å²) in [4.78, 5) is 16.6. The highest BCUT2D eigenvalue weighted by Gasteiger charge is 2.20. The molecule has 41 heavy (non-hydrogen) atoms. The molecule has 5 aromatic rings. The van der Waals surface area contributed by atoms with Crippen LogP contribution in [0.15, 0.2) is 84.0 Å². The molecule has 5 rings (SSSR count). The summed E-state index contributed by atoms with van der Waals surface area (Å²) in [5.41, 5.74) is 3.54. The minimum atomic E-state index is -4.37. The van der Waals surface area contributed by atoms with Crippen molar-refractivity contribution in [2.24, 2.45) is 0 Å². The second-order valence-corrected chi connectivity index (χ2v) is 11.1. The summed E-state index contributed by atoms with van der Waals surface area (Å²) in [6, 6.07) is 17.4. The topological polar surface area (TPSA) is 108 Å². The fourth-order valence-electron chi connectivity index (χ4n) is 4.50. The van der Waals surface area contributed by atoms with E-state index in [1.165, 1.54) is 0 Å². The lowest BCUT2D eigenvalue weighted by Gasteiger charge is -2.15. The SMILES string of the molecule is Cc1nc2ccccc2n1CCOc1cc(Cn2cccn2)ccc1CCC(=O)NS(=O)(=O)c1ccc(F)c(F)c1. The molecular formula is C29H27F2N5O4S. The third-order valence-electron chi connectivity index (χ3n) is 6.52. The minimum absolute atomic E-state index is 0.178. The Hall–Kier alpha value is -4.58. The third kappa shape index (κ3) is 6.60. The van der Waals surface area contributed by atoms with Gasteiger partial charge < -0.3 is 9.30 Å². The van der Waals surface area contributed by atoms with E-state index in [2.05, 4.69) is 14.6 Å². The third-order valence-corrected chi connectivity index (χ3v) is 7.90. The molecule has 12 heteroatoms. The molecule has 0 fully saturated rings. The predicted molar refractivity (Wildman–Crippen MR) is 148 cm³/mol. The average Bonchev–Trinajstić information content (AvgIpc) is 3.56. The molecule has 0 bridgehead atoms. The van der Waals surface area contributed by atoms with Gasteiger partial charge in [-0.1, -0.05) is 24.3 Å². The van der Waals surface area contributed by atoms with Crippen LogP contribution in [0.1, 0.15) is 23.4 Å². The zero-order valence-electron chi connectivity index (χ0n) is 22.1.